The fourth-order valence-electron chi connectivity index (χ4n) is 2.90. The molecule has 0 saturated carbocycles. The average molecular weight is 339 g/mol. The zero-order valence-corrected chi connectivity index (χ0v) is 15.1. The molecule has 0 spiro atoms. The van der Waals surface area contributed by atoms with Gasteiger partial charge in [0.1, 0.15) is 6.61 Å². The Balaban J connectivity index is 0.00000264. The van der Waals surface area contributed by atoms with Crippen molar-refractivity contribution in [1.82, 2.24) is 4.73 Å². The topological polar surface area (TPSA) is 40.2 Å². The van der Waals surface area contributed by atoms with Crippen molar-refractivity contribution in [1.29, 1.82) is 0 Å². The molecule has 0 bridgehead atoms. The van der Waals surface area contributed by atoms with Crippen LogP contribution in [0.15, 0.2) is 30.5 Å². The zero-order valence-electron chi connectivity index (χ0n) is 14.3. The minimum atomic E-state index is 0. The second-order valence-corrected chi connectivity index (χ2v) is 5.99. The van der Waals surface area contributed by atoms with Crippen LogP contribution in [0.1, 0.15) is 57.4 Å². The minimum absolute atomic E-state index is 0. The fourth-order valence-corrected chi connectivity index (χ4v) is 2.90. The van der Waals surface area contributed by atoms with E-state index < -0.39 is 0 Å². The van der Waals surface area contributed by atoms with E-state index in [1.807, 2.05) is 4.73 Å². The van der Waals surface area contributed by atoms with Gasteiger partial charge in [-0.2, -0.15) is 4.73 Å². The number of halogens is 1. The maximum absolute atomic E-state index is 5.95. The standard InChI is InChI=1S/C19H30N2O.ClH/c1-2-3-4-5-6-7-10-15-22-21-16-17(13-14-20)18-11-8-9-12-19(18)21;/h8-9,11-12,16H,2-7,10,13-15,20H2,1H3;1H. The maximum Gasteiger partial charge on any atom is 0.115 e. The second kappa shape index (κ2) is 11.4. The molecule has 1 aromatic carbocycles. The summed E-state index contributed by atoms with van der Waals surface area (Å²) >= 11 is 0. The van der Waals surface area contributed by atoms with Crippen LogP contribution in [0.2, 0.25) is 0 Å². The molecule has 3 nitrogen and oxygen atoms in total. The second-order valence-electron chi connectivity index (χ2n) is 5.99. The molecule has 0 fully saturated rings. The lowest BCUT2D eigenvalue weighted by Gasteiger charge is -2.08. The van der Waals surface area contributed by atoms with E-state index in [2.05, 4.69) is 37.4 Å². The molecule has 0 unspecified atom stereocenters. The van der Waals surface area contributed by atoms with Crippen molar-refractivity contribution in [2.45, 2.75) is 58.3 Å². The van der Waals surface area contributed by atoms with Gasteiger partial charge in [-0.15, -0.1) is 12.4 Å². The Morgan fingerprint density at radius 3 is 2.43 bits per heavy atom. The molecule has 2 rings (SSSR count). The number of para-hydroxylation sites is 1. The summed E-state index contributed by atoms with van der Waals surface area (Å²) in [4.78, 5) is 5.95. The lowest BCUT2D eigenvalue weighted by atomic mass is 10.1. The van der Waals surface area contributed by atoms with E-state index in [4.69, 9.17) is 10.6 Å². The van der Waals surface area contributed by atoms with Crippen molar-refractivity contribution in [2.75, 3.05) is 13.2 Å². The number of nitrogens with two attached hydrogens (primary N) is 1. The van der Waals surface area contributed by atoms with Gasteiger partial charge >= 0.3 is 0 Å². The highest BCUT2D eigenvalue weighted by molar-refractivity contribution is 5.85. The summed E-state index contributed by atoms with van der Waals surface area (Å²) in [5, 5.41) is 1.26. The van der Waals surface area contributed by atoms with Gasteiger partial charge in [-0.1, -0.05) is 57.2 Å². The van der Waals surface area contributed by atoms with Crippen molar-refractivity contribution in [3.63, 3.8) is 0 Å². The third-order valence-electron chi connectivity index (χ3n) is 4.15. The monoisotopic (exact) mass is 338 g/mol. The summed E-state index contributed by atoms with van der Waals surface area (Å²) < 4.78 is 1.93. The van der Waals surface area contributed by atoms with Crippen LogP contribution in [-0.2, 0) is 6.42 Å². The van der Waals surface area contributed by atoms with Gasteiger partial charge in [0.15, 0.2) is 0 Å². The van der Waals surface area contributed by atoms with E-state index in [-0.39, 0.29) is 12.4 Å². The van der Waals surface area contributed by atoms with Crippen LogP contribution in [0.3, 0.4) is 0 Å². The first-order chi connectivity index (χ1) is 10.9. The van der Waals surface area contributed by atoms with Crippen molar-refractivity contribution in [3.05, 3.63) is 36.0 Å². The molecule has 0 aliphatic rings. The van der Waals surface area contributed by atoms with Crippen LogP contribution in [0.4, 0.5) is 0 Å². The van der Waals surface area contributed by atoms with Crippen LogP contribution in [0.5, 0.6) is 0 Å². The average Bonchev–Trinajstić information content (AvgIpc) is 2.89. The fraction of sp³-hybridized carbons (Fsp3) is 0.579. The van der Waals surface area contributed by atoms with E-state index >= 15 is 0 Å². The summed E-state index contributed by atoms with van der Waals surface area (Å²) in [6, 6.07) is 8.39. The van der Waals surface area contributed by atoms with Crippen LogP contribution >= 0.6 is 12.4 Å². The number of hydrogen-bond acceptors (Lipinski definition) is 2. The molecule has 130 valence electrons. The number of nitrogens with zero attached hydrogens (tertiary/aromatic N) is 1. The SMILES string of the molecule is CCCCCCCCCOn1cc(CCN)c2ccccc21.Cl. The molecular formula is C19H31ClN2O. The van der Waals surface area contributed by atoms with Gasteiger partial charge in [-0.05, 0) is 37.4 Å². The van der Waals surface area contributed by atoms with Gasteiger partial charge in [0.25, 0.3) is 0 Å². The van der Waals surface area contributed by atoms with Crippen LogP contribution in [0, 0.1) is 0 Å². The van der Waals surface area contributed by atoms with Crippen LogP contribution in [-0.4, -0.2) is 17.9 Å². The normalized spacial score (nSPS) is 10.7. The molecule has 0 aliphatic heterocycles. The first-order valence-corrected chi connectivity index (χ1v) is 8.79. The largest absolute Gasteiger partial charge is 0.414 e. The Bertz CT molecular complexity index is 553. The molecule has 1 heterocycles. The van der Waals surface area contributed by atoms with Crippen LogP contribution in [0.25, 0.3) is 10.9 Å². The molecule has 0 atom stereocenters. The highest BCUT2D eigenvalue weighted by atomic mass is 35.5. The third kappa shape index (κ3) is 6.08. The number of benzene rings is 1. The summed E-state index contributed by atoms with van der Waals surface area (Å²) in [5.74, 6) is 0. The number of aromatic nitrogens is 1. The predicted octanol–water partition coefficient (Wildman–Crippen LogP) is 4.74. The lowest BCUT2D eigenvalue weighted by molar-refractivity contribution is 0.116. The molecule has 1 aromatic heterocycles. The first kappa shape index (κ1) is 19.9. The summed E-state index contributed by atoms with van der Waals surface area (Å²) in [7, 11) is 0. The smallest absolute Gasteiger partial charge is 0.115 e. The third-order valence-corrected chi connectivity index (χ3v) is 4.15. The van der Waals surface area contributed by atoms with Crippen molar-refractivity contribution >= 4 is 23.3 Å². The Kier molecular flexibility index (Phi) is 9.81. The van der Waals surface area contributed by atoms with Gasteiger partial charge in [0.05, 0.1) is 5.52 Å². The molecule has 4 heteroatoms. The van der Waals surface area contributed by atoms with Crippen molar-refractivity contribution < 1.29 is 4.84 Å². The van der Waals surface area contributed by atoms with E-state index in [0.29, 0.717) is 6.54 Å². The van der Waals surface area contributed by atoms with Crippen molar-refractivity contribution in [2.24, 2.45) is 5.73 Å². The quantitative estimate of drug-likeness (QED) is 0.601. The summed E-state index contributed by atoms with van der Waals surface area (Å²) in [6.45, 7) is 3.72. The number of hydrogen-bond donors (Lipinski definition) is 1. The minimum Gasteiger partial charge on any atom is -0.414 e. The molecule has 0 radical (unpaired) electrons. The summed E-state index contributed by atoms with van der Waals surface area (Å²) in [6.07, 6.45) is 12.1. The van der Waals surface area contributed by atoms with E-state index in [0.717, 1.165) is 25.0 Å². The molecule has 0 aliphatic carbocycles. The molecule has 23 heavy (non-hydrogen) atoms. The summed E-state index contributed by atoms with van der Waals surface area (Å²) in [5.41, 5.74) is 8.12. The molecule has 2 N–H and O–H groups in total. The van der Waals surface area contributed by atoms with Gasteiger partial charge in [0, 0.05) is 11.6 Å². The van der Waals surface area contributed by atoms with Gasteiger partial charge in [0.2, 0.25) is 0 Å². The first-order valence-electron chi connectivity index (χ1n) is 8.79. The Labute approximate surface area is 146 Å². The van der Waals surface area contributed by atoms with Crippen molar-refractivity contribution in [3.8, 4) is 0 Å². The zero-order chi connectivity index (χ0) is 15.6. The molecule has 0 saturated heterocycles. The maximum atomic E-state index is 5.95. The van der Waals surface area contributed by atoms with E-state index in [1.54, 1.807) is 0 Å². The van der Waals surface area contributed by atoms with Gasteiger partial charge < -0.3 is 10.6 Å². The predicted molar refractivity (Wildman–Crippen MR) is 101 cm³/mol. The molecule has 0 amide bonds. The van der Waals surface area contributed by atoms with Gasteiger partial charge in [-0.25, -0.2) is 0 Å². The van der Waals surface area contributed by atoms with Crippen LogP contribution < -0.4 is 10.6 Å². The Morgan fingerprint density at radius 2 is 1.70 bits per heavy atom. The number of unbranched alkanes of at least 4 members (excludes halogenated alkanes) is 6. The van der Waals surface area contributed by atoms with Gasteiger partial charge in [-0.3, -0.25) is 0 Å². The van der Waals surface area contributed by atoms with E-state index in [1.165, 1.54) is 49.5 Å². The highest BCUT2D eigenvalue weighted by Gasteiger charge is 2.07. The number of rotatable bonds is 11. The molecular weight excluding hydrogens is 308 g/mol. The lowest BCUT2D eigenvalue weighted by Crippen LogP contribution is -2.11. The number of fused-ring (bicyclic) bond motifs is 1. The Morgan fingerprint density at radius 1 is 1.00 bits per heavy atom. The Hall–Kier alpha value is -1.19. The highest BCUT2D eigenvalue weighted by Crippen LogP contribution is 2.20. The molecule has 2 aromatic rings. The van der Waals surface area contributed by atoms with E-state index in [9.17, 15) is 0 Å².